The molecule has 16 nitrogen and oxygen atoms in total. The SMILES string of the molecule is O=C(CCC(=O)C(=O)O)OCCOCCOCCOCCOCCOCCOCCOCCOCCOCCOCCOCCF. The molecule has 1 N–H and O–H groups in total. The Kier molecular flexibility index (Phi) is 36.0. The number of halogens is 1. The summed E-state index contributed by atoms with van der Waals surface area (Å²) in [4.78, 5) is 32.6. The Morgan fingerprint density at radius 3 is 0.848 bits per heavy atom. The Bertz CT molecular complexity index is 688. The van der Waals surface area contributed by atoms with E-state index in [4.69, 9.17) is 61.9 Å². The fourth-order valence-corrected chi connectivity index (χ4v) is 2.96. The molecule has 0 rings (SSSR count). The maximum atomic E-state index is 11.8. The number of ketones is 1. The lowest BCUT2D eigenvalue weighted by molar-refractivity contribution is -0.151. The summed E-state index contributed by atoms with van der Waals surface area (Å²) in [6.07, 6.45) is -0.666. The van der Waals surface area contributed by atoms with Gasteiger partial charge in [-0.15, -0.1) is 0 Å². The van der Waals surface area contributed by atoms with Gasteiger partial charge in [0.1, 0.15) is 13.3 Å². The number of carboxylic acids is 1. The smallest absolute Gasteiger partial charge is 0.372 e. The molecular weight excluding hydrogens is 623 g/mol. The standard InChI is InChI=1S/C29H53FO16/c30-3-4-35-5-6-36-7-8-37-9-10-38-11-12-39-13-14-40-15-16-41-17-18-42-19-20-43-21-22-44-23-24-45-25-26-46-28(32)2-1-27(31)29(33)34/h1-26H2,(H,33,34). The van der Waals surface area contributed by atoms with E-state index in [-0.39, 0.29) is 32.7 Å². The first kappa shape index (κ1) is 44.1. The Hall–Kier alpha value is -1.90. The number of hydrogen-bond donors (Lipinski definition) is 1. The zero-order valence-electron chi connectivity index (χ0n) is 26.8. The average Bonchev–Trinajstić information content (AvgIpc) is 3.05. The predicted molar refractivity (Wildman–Crippen MR) is 158 cm³/mol. The van der Waals surface area contributed by atoms with Crippen LogP contribution in [0.4, 0.5) is 4.39 Å². The largest absolute Gasteiger partial charge is 0.476 e. The molecule has 0 atom stereocenters. The first-order valence-corrected chi connectivity index (χ1v) is 15.4. The van der Waals surface area contributed by atoms with Gasteiger partial charge >= 0.3 is 11.9 Å². The molecule has 0 unspecified atom stereocenters. The van der Waals surface area contributed by atoms with Crippen LogP contribution in [0.15, 0.2) is 0 Å². The van der Waals surface area contributed by atoms with Gasteiger partial charge in [-0.1, -0.05) is 0 Å². The molecule has 0 aromatic carbocycles. The van der Waals surface area contributed by atoms with E-state index in [2.05, 4.69) is 0 Å². The van der Waals surface area contributed by atoms with Crippen molar-refractivity contribution in [1.82, 2.24) is 0 Å². The van der Waals surface area contributed by atoms with Crippen molar-refractivity contribution in [3.63, 3.8) is 0 Å². The number of rotatable bonds is 39. The minimum absolute atomic E-state index is 0.00996. The maximum Gasteiger partial charge on any atom is 0.372 e. The summed E-state index contributed by atoms with van der Waals surface area (Å²) in [5.74, 6) is -3.25. The quantitative estimate of drug-likeness (QED) is 0.0526. The van der Waals surface area contributed by atoms with Gasteiger partial charge in [-0.05, 0) is 0 Å². The molecule has 46 heavy (non-hydrogen) atoms. The highest BCUT2D eigenvalue weighted by atomic mass is 19.1. The van der Waals surface area contributed by atoms with Crippen molar-refractivity contribution >= 4 is 17.7 Å². The van der Waals surface area contributed by atoms with Crippen molar-refractivity contribution in [3.8, 4) is 0 Å². The fourth-order valence-electron chi connectivity index (χ4n) is 2.96. The Morgan fingerprint density at radius 1 is 0.370 bits per heavy atom. The highest BCUT2D eigenvalue weighted by Gasteiger charge is 2.14. The van der Waals surface area contributed by atoms with Crippen molar-refractivity contribution in [2.75, 3.05) is 159 Å². The highest BCUT2D eigenvalue weighted by Crippen LogP contribution is 1.95. The molecule has 17 heteroatoms. The van der Waals surface area contributed by atoms with E-state index in [1.807, 2.05) is 0 Å². The zero-order chi connectivity index (χ0) is 33.6. The monoisotopic (exact) mass is 676 g/mol. The minimum Gasteiger partial charge on any atom is -0.476 e. The van der Waals surface area contributed by atoms with Gasteiger partial charge in [0.15, 0.2) is 0 Å². The van der Waals surface area contributed by atoms with Gasteiger partial charge in [0, 0.05) is 6.42 Å². The molecule has 0 aliphatic rings. The lowest BCUT2D eigenvalue weighted by Crippen LogP contribution is -2.17. The van der Waals surface area contributed by atoms with Crippen molar-refractivity contribution in [2.45, 2.75) is 12.8 Å². The zero-order valence-corrected chi connectivity index (χ0v) is 26.8. The van der Waals surface area contributed by atoms with Crippen molar-refractivity contribution < 1.29 is 80.7 Å². The number of alkyl halides is 1. The van der Waals surface area contributed by atoms with E-state index in [1.165, 1.54) is 0 Å². The number of carbonyl (C=O) groups is 3. The first-order valence-electron chi connectivity index (χ1n) is 15.4. The minimum atomic E-state index is -1.57. The molecule has 0 amide bonds. The fraction of sp³-hybridized carbons (Fsp3) is 0.897. The van der Waals surface area contributed by atoms with E-state index in [0.29, 0.717) is 132 Å². The lowest BCUT2D eigenvalue weighted by atomic mass is 10.2. The Balaban J connectivity index is 3.11. The molecule has 0 aromatic heterocycles. The van der Waals surface area contributed by atoms with Crippen LogP contribution in [0.2, 0.25) is 0 Å². The van der Waals surface area contributed by atoms with Gasteiger partial charge in [0.05, 0.1) is 152 Å². The summed E-state index contributed by atoms with van der Waals surface area (Å²) in [6, 6.07) is 0. The Labute approximate surface area is 270 Å². The number of esters is 1. The highest BCUT2D eigenvalue weighted by molar-refractivity contribution is 6.32. The Morgan fingerprint density at radius 2 is 0.609 bits per heavy atom. The predicted octanol–water partition coefficient (Wildman–Crippen LogP) is 0.116. The van der Waals surface area contributed by atoms with Crippen LogP contribution in [0.1, 0.15) is 12.8 Å². The second-order valence-corrected chi connectivity index (χ2v) is 8.87. The van der Waals surface area contributed by atoms with Gasteiger partial charge < -0.3 is 61.9 Å². The number of Topliss-reactive ketones (excluding diaryl/α,β-unsaturated/α-hetero) is 1. The van der Waals surface area contributed by atoms with E-state index >= 15 is 0 Å². The molecule has 0 bridgehead atoms. The third-order valence-electron chi connectivity index (χ3n) is 5.23. The third-order valence-corrected chi connectivity index (χ3v) is 5.23. The van der Waals surface area contributed by atoms with Crippen molar-refractivity contribution in [1.29, 1.82) is 0 Å². The molecule has 0 aliphatic carbocycles. The molecule has 0 spiro atoms. The van der Waals surface area contributed by atoms with E-state index < -0.39 is 24.4 Å². The van der Waals surface area contributed by atoms with Crippen molar-refractivity contribution in [3.05, 3.63) is 0 Å². The molecule has 0 radical (unpaired) electrons. The summed E-state index contributed by atoms with van der Waals surface area (Å²) in [7, 11) is 0. The van der Waals surface area contributed by atoms with Crippen molar-refractivity contribution in [2.24, 2.45) is 0 Å². The van der Waals surface area contributed by atoms with Crippen LogP contribution < -0.4 is 0 Å². The van der Waals surface area contributed by atoms with Crippen LogP contribution in [-0.4, -0.2) is 181 Å². The number of aliphatic carboxylic acids is 1. The molecule has 0 heterocycles. The van der Waals surface area contributed by atoms with Crippen LogP contribution >= 0.6 is 0 Å². The van der Waals surface area contributed by atoms with Crippen LogP contribution in [0.3, 0.4) is 0 Å². The third kappa shape index (κ3) is 36.6. The summed E-state index contributed by atoms with van der Waals surface area (Å²) in [5, 5.41) is 8.43. The molecule has 272 valence electrons. The second kappa shape index (κ2) is 37.6. The van der Waals surface area contributed by atoms with Crippen LogP contribution in [0.25, 0.3) is 0 Å². The summed E-state index contributed by atoms with van der Waals surface area (Å²) < 4.78 is 75.4. The second-order valence-electron chi connectivity index (χ2n) is 8.87. The van der Waals surface area contributed by atoms with E-state index in [1.54, 1.807) is 0 Å². The average molecular weight is 677 g/mol. The van der Waals surface area contributed by atoms with E-state index in [0.717, 1.165) is 0 Å². The molecular formula is C29H53FO16. The van der Waals surface area contributed by atoms with Gasteiger partial charge in [0.2, 0.25) is 5.78 Å². The maximum absolute atomic E-state index is 11.8. The van der Waals surface area contributed by atoms with Gasteiger partial charge in [-0.2, -0.15) is 0 Å². The van der Waals surface area contributed by atoms with Crippen LogP contribution in [-0.2, 0) is 71.2 Å². The van der Waals surface area contributed by atoms with Gasteiger partial charge in [0.25, 0.3) is 0 Å². The molecule has 0 saturated heterocycles. The molecule has 0 aliphatic heterocycles. The number of hydrogen-bond acceptors (Lipinski definition) is 15. The first-order chi connectivity index (χ1) is 22.6. The molecule has 0 fully saturated rings. The topological polar surface area (TPSA) is 182 Å². The summed E-state index contributed by atoms with van der Waals surface area (Å²) in [5.41, 5.74) is 0. The number of carbonyl (C=O) groups excluding carboxylic acids is 2. The summed E-state index contributed by atoms with van der Waals surface area (Å²) >= 11 is 0. The normalized spacial score (nSPS) is 11.2. The molecule has 0 saturated carbocycles. The van der Waals surface area contributed by atoms with Gasteiger partial charge in [-0.25, -0.2) is 9.18 Å². The molecule has 0 aromatic rings. The lowest BCUT2D eigenvalue weighted by Gasteiger charge is -2.09. The van der Waals surface area contributed by atoms with E-state index in [9.17, 15) is 18.8 Å². The summed E-state index contributed by atoms with van der Waals surface area (Å²) in [6.45, 7) is 8.51. The number of carboxylic acid groups (broad SMARTS) is 1. The van der Waals surface area contributed by atoms with Crippen LogP contribution in [0.5, 0.6) is 0 Å². The van der Waals surface area contributed by atoms with Crippen LogP contribution in [0, 0.1) is 0 Å². The van der Waals surface area contributed by atoms with Gasteiger partial charge in [-0.3, -0.25) is 9.59 Å². The number of ether oxygens (including phenoxy) is 12.